The normalized spacial score (nSPS) is 22.2. The van der Waals surface area contributed by atoms with E-state index in [1.165, 1.54) is 12.8 Å². The summed E-state index contributed by atoms with van der Waals surface area (Å²) in [6.45, 7) is 7.34. The Bertz CT molecular complexity index is 306. The van der Waals surface area contributed by atoms with Gasteiger partial charge >= 0.3 is 5.97 Å². The topological polar surface area (TPSA) is 61.8 Å². The smallest absolute Gasteiger partial charge is 0.323 e. The molecule has 1 saturated heterocycles. The maximum atomic E-state index is 11.5. The average Bonchev–Trinajstić information content (AvgIpc) is 2.47. The lowest BCUT2D eigenvalue weighted by Gasteiger charge is -2.31. The molecule has 0 aromatic carbocycles. The summed E-state index contributed by atoms with van der Waals surface area (Å²) in [7, 11) is 2.10. The minimum Gasteiger partial charge on any atom is -0.480 e. The van der Waals surface area contributed by atoms with Crippen LogP contribution in [-0.4, -0.2) is 60.9 Å². The summed E-state index contributed by atoms with van der Waals surface area (Å²) in [4.78, 5) is 13.8. The number of carboxylic acid groups (broad SMARTS) is 1. The van der Waals surface area contributed by atoms with Crippen molar-refractivity contribution in [2.75, 3.05) is 33.3 Å². The number of nitrogens with zero attached hydrogens (tertiary/aromatic N) is 1. The van der Waals surface area contributed by atoms with Gasteiger partial charge in [-0.15, -0.1) is 0 Å². The SMILES string of the molecule is CCNC(CC)(CCCN(C)CC1CCCCO1)C(=O)O. The Hall–Kier alpha value is -0.650. The Balaban J connectivity index is 2.33. The van der Waals surface area contributed by atoms with E-state index in [2.05, 4.69) is 17.3 Å². The highest BCUT2D eigenvalue weighted by atomic mass is 16.5. The number of carboxylic acids is 1. The van der Waals surface area contributed by atoms with E-state index in [-0.39, 0.29) is 0 Å². The van der Waals surface area contributed by atoms with E-state index >= 15 is 0 Å². The predicted molar refractivity (Wildman–Crippen MR) is 84.7 cm³/mol. The van der Waals surface area contributed by atoms with Crippen molar-refractivity contribution >= 4 is 5.97 Å². The summed E-state index contributed by atoms with van der Waals surface area (Å²) in [6.07, 6.45) is 6.12. The molecular weight excluding hydrogens is 268 g/mol. The van der Waals surface area contributed by atoms with Gasteiger partial charge in [0.15, 0.2) is 0 Å². The van der Waals surface area contributed by atoms with Crippen molar-refractivity contribution in [3.63, 3.8) is 0 Å². The van der Waals surface area contributed by atoms with Gasteiger partial charge in [0.05, 0.1) is 6.10 Å². The van der Waals surface area contributed by atoms with Crippen LogP contribution < -0.4 is 5.32 Å². The molecule has 5 nitrogen and oxygen atoms in total. The van der Waals surface area contributed by atoms with Crippen molar-refractivity contribution in [2.45, 2.75) is 64.0 Å². The summed E-state index contributed by atoms with van der Waals surface area (Å²) in [5, 5.41) is 12.6. The van der Waals surface area contributed by atoms with Gasteiger partial charge in [-0.2, -0.15) is 0 Å². The molecule has 1 fully saturated rings. The molecule has 0 bridgehead atoms. The minimum absolute atomic E-state index is 0.355. The first-order chi connectivity index (χ1) is 10.0. The number of likely N-dealkylation sites (N-methyl/N-ethyl adjacent to an activating group) is 2. The van der Waals surface area contributed by atoms with Gasteiger partial charge in [-0.3, -0.25) is 4.79 Å². The van der Waals surface area contributed by atoms with E-state index in [0.717, 1.165) is 32.5 Å². The molecule has 5 heteroatoms. The van der Waals surface area contributed by atoms with Crippen molar-refractivity contribution in [3.8, 4) is 0 Å². The molecule has 0 aliphatic carbocycles. The van der Waals surface area contributed by atoms with E-state index in [4.69, 9.17) is 4.74 Å². The molecule has 2 atom stereocenters. The largest absolute Gasteiger partial charge is 0.480 e. The zero-order valence-corrected chi connectivity index (χ0v) is 13.9. The van der Waals surface area contributed by atoms with Crippen LogP contribution in [0.4, 0.5) is 0 Å². The molecule has 124 valence electrons. The molecule has 0 aromatic rings. The molecule has 2 N–H and O–H groups in total. The highest BCUT2D eigenvalue weighted by Crippen LogP contribution is 2.19. The van der Waals surface area contributed by atoms with Gasteiger partial charge in [-0.05, 0) is 58.7 Å². The fourth-order valence-electron chi connectivity index (χ4n) is 3.10. The molecule has 1 rings (SSSR count). The van der Waals surface area contributed by atoms with Gasteiger partial charge in [0.1, 0.15) is 5.54 Å². The third-order valence-electron chi connectivity index (χ3n) is 4.46. The van der Waals surface area contributed by atoms with Crippen LogP contribution in [0.5, 0.6) is 0 Å². The van der Waals surface area contributed by atoms with E-state index in [9.17, 15) is 9.90 Å². The number of aliphatic carboxylic acids is 1. The van der Waals surface area contributed by atoms with Crippen LogP contribution in [0.2, 0.25) is 0 Å². The minimum atomic E-state index is -0.767. The average molecular weight is 300 g/mol. The summed E-state index contributed by atoms with van der Waals surface area (Å²) in [5.41, 5.74) is -0.767. The highest BCUT2D eigenvalue weighted by Gasteiger charge is 2.35. The van der Waals surface area contributed by atoms with E-state index < -0.39 is 11.5 Å². The van der Waals surface area contributed by atoms with Crippen LogP contribution in [0, 0.1) is 0 Å². The molecule has 0 spiro atoms. The number of carbonyl (C=O) groups is 1. The van der Waals surface area contributed by atoms with Crippen LogP contribution in [0.15, 0.2) is 0 Å². The summed E-state index contributed by atoms with van der Waals surface area (Å²) >= 11 is 0. The van der Waals surface area contributed by atoms with Crippen LogP contribution in [-0.2, 0) is 9.53 Å². The second-order valence-corrected chi connectivity index (χ2v) is 6.13. The standard InChI is InChI=1S/C16H32N2O3/c1-4-16(15(19)20,17-5-2)10-8-11-18(3)13-14-9-6-7-12-21-14/h14,17H,4-13H2,1-3H3,(H,19,20). The summed E-state index contributed by atoms with van der Waals surface area (Å²) < 4.78 is 5.75. The van der Waals surface area contributed by atoms with Gasteiger partial charge in [0, 0.05) is 13.2 Å². The van der Waals surface area contributed by atoms with E-state index in [1.54, 1.807) is 0 Å². The van der Waals surface area contributed by atoms with E-state index in [0.29, 0.717) is 25.5 Å². The third kappa shape index (κ3) is 5.93. The number of rotatable bonds is 10. The number of nitrogens with one attached hydrogen (secondary N) is 1. The Morgan fingerprint density at radius 1 is 1.43 bits per heavy atom. The van der Waals surface area contributed by atoms with Crippen LogP contribution in [0.1, 0.15) is 52.4 Å². The predicted octanol–water partition coefficient (Wildman–Crippen LogP) is 2.11. The second-order valence-electron chi connectivity index (χ2n) is 6.13. The molecule has 1 aliphatic rings. The molecule has 1 aliphatic heterocycles. The molecule has 2 unspecified atom stereocenters. The Morgan fingerprint density at radius 2 is 2.19 bits per heavy atom. The molecule has 0 aromatic heterocycles. The Morgan fingerprint density at radius 3 is 2.71 bits per heavy atom. The molecule has 0 saturated carbocycles. The van der Waals surface area contributed by atoms with Gasteiger partial charge in [0.25, 0.3) is 0 Å². The summed E-state index contributed by atoms with van der Waals surface area (Å²) in [5.74, 6) is -0.731. The molecule has 0 amide bonds. The quantitative estimate of drug-likeness (QED) is 0.647. The van der Waals surface area contributed by atoms with Crippen LogP contribution >= 0.6 is 0 Å². The first-order valence-corrected chi connectivity index (χ1v) is 8.32. The first-order valence-electron chi connectivity index (χ1n) is 8.32. The van der Waals surface area contributed by atoms with Crippen LogP contribution in [0.25, 0.3) is 0 Å². The van der Waals surface area contributed by atoms with Gasteiger partial charge in [0.2, 0.25) is 0 Å². The lowest BCUT2D eigenvalue weighted by molar-refractivity contribution is -0.145. The maximum Gasteiger partial charge on any atom is 0.323 e. The van der Waals surface area contributed by atoms with Crippen molar-refractivity contribution < 1.29 is 14.6 Å². The molecule has 0 radical (unpaired) electrons. The van der Waals surface area contributed by atoms with Gasteiger partial charge in [-0.25, -0.2) is 0 Å². The first kappa shape index (κ1) is 18.4. The zero-order valence-electron chi connectivity index (χ0n) is 13.9. The van der Waals surface area contributed by atoms with Crippen molar-refractivity contribution in [2.24, 2.45) is 0 Å². The second kappa shape index (κ2) is 9.38. The van der Waals surface area contributed by atoms with Gasteiger partial charge < -0.3 is 20.1 Å². The van der Waals surface area contributed by atoms with Gasteiger partial charge in [-0.1, -0.05) is 13.8 Å². The zero-order chi connectivity index (χ0) is 15.7. The number of ether oxygens (including phenoxy) is 1. The Kier molecular flexibility index (Phi) is 8.22. The Labute approximate surface area is 129 Å². The maximum absolute atomic E-state index is 11.5. The van der Waals surface area contributed by atoms with Crippen molar-refractivity contribution in [1.29, 1.82) is 0 Å². The highest BCUT2D eigenvalue weighted by molar-refractivity contribution is 5.78. The molecular formula is C16H32N2O3. The fourth-order valence-corrected chi connectivity index (χ4v) is 3.10. The lowest BCUT2D eigenvalue weighted by atomic mass is 9.90. The molecule has 1 heterocycles. The van der Waals surface area contributed by atoms with Crippen molar-refractivity contribution in [3.05, 3.63) is 0 Å². The van der Waals surface area contributed by atoms with Crippen LogP contribution in [0.3, 0.4) is 0 Å². The molecule has 21 heavy (non-hydrogen) atoms. The number of hydrogen-bond acceptors (Lipinski definition) is 4. The van der Waals surface area contributed by atoms with E-state index in [1.807, 2.05) is 13.8 Å². The monoisotopic (exact) mass is 300 g/mol. The third-order valence-corrected chi connectivity index (χ3v) is 4.46. The van der Waals surface area contributed by atoms with Crippen molar-refractivity contribution in [1.82, 2.24) is 10.2 Å². The number of hydrogen-bond donors (Lipinski definition) is 2. The summed E-state index contributed by atoms with van der Waals surface area (Å²) in [6, 6.07) is 0. The lowest BCUT2D eigenvalue weighted by Crippen LogP contribution is -2.52. The fraction of sp³-hybridized carbons (Fsp3) is 0.938.